The Morgan fingerprint density at radius 3 is 2.49 bits per heavy atom. The molecule has 35 heavy (non-hydrogen) atoms. The summed E-state index contributed by atoms with van der Waals surface area (Å²) in [6.07, 6.45) is 27.9. The zero-order chi connectivity index (χ0) is 24.5. The molecule has 0 heterocycles. The Balaban J connectivity index is 1.19. The van der Waals surface area contributed by atoms with Crippen LogP contribution in [0.5, 0.6) is 0 Å². The minimum atomic E-state index is 0.112. The van der Waals surface area contributed by atoms with Gasteiger partial charge in [0.05, 0.1) is 5.92 Å². The Hall–Kier alpha value is -0.790. The van der Waals surface area contributed by atoms with Crippen LogP contribution in [0.15, 0.2) is 11.6 Å². The molecule has 5 aliphatic rings. The molecule has 2 nitrogen and oxygen atoms in total. The van der Waals surface area contributed by atoms with Crippen LogP contribution in [0.4, 0.5) is 0 Å². The Bertz CT molecular complexity index is 763. The number of esters is 1. The number of unbranched alkanes of at least 4 members (excludes halogenated alkanes) is 5. The van der Waals surface area contributed by atoms with Crippen molar-refractivity contribution in [3.05, 3.63) is 11.6 Å². The van der Waals surface area contributed by atoms with Gasteiger partial charge in [0.1, 0.15) is 6.10 Å². The first-order chi connectivity index (χ1) is 17.0. The SMILES string of the molecule is CCCCCCCC[C@H]1CC[C@H]2[C@@H]3CC=C4C[C@@H](OC(=O)C5CCCC5)CC[C@]4(C)[C@H]3CC[C@]12C. The summed E-state index contributed by atoms with van der Waals surface area (Å²) < 4.78 is 6.09. The molecule has 0 amide bonds. The molecule has 198 valence electrons. The molecule has 0 radical (unpaired) electrons. The zero-order valence-electron chi connectivity index (χ0n) is 23.3. The predicted molar refractivity (Wildman–Crippen MR) is 145 cm³/mol. The van der Waals surface area contributed by atoms with Crippen molar-refractivity contribution in [2.75, 3.05) is 0 Å². The number of ether oxygens (including phenoxy) is 1. The van der Waals surface area contributed by atoms with Crippen LogP contribution in [0.2, 0.25) is 0 Å². The summed E-state index contributed by atoms with van der Waals surface area (Å²) in [6.45, 7) is 7.61. The van der Waals surface area contributed by atoms with Crippen LogP contribution >= 0.6 is 0 Å². The van der Waals surface area contributed by atoms with Crippen molar-refractivity contribution < 1.29 is 9.53 Å². The summed E-state index contributed by atoms with van der Waals surface area (Å²) in [6, 6.07) is 0. The lowest BCUT2D eigenvalue weighted by molar-refractivity contribution is -0.156. The number of allylic oxidation sites excluding steroid dienone is 1. The summed E-state index contributed by atoms with van der Waals surface area (Å²) in [5.74, 6) is 3.98. The van der Waals surface area contributed by atoms with Gasteiger partial charge in [-0.05, 0) is 98.7 Å². The molecule has 0 aromatic carbocycles. The fraction of sp³-hybridized carbons (Fsp3) is 0.909. The molecule has 0 spiro atoms. The van der Waals surface area contributed by atoms with Crippen LogP contribution in [0.25, 0.3) is 0 Å². The van der Waals surface area contributed by atoms with E-state index in [-0.39, 0.29) is 18.0 Å². The second-order valence-corrected chi connectivity index (χ2v) is 13.9. The Kier molecular flexibility index (Phi) is 8.05. The van der Waals surface area contributed by atoms with Crippen LogP contribution < -0.4 is 0 Å². The number of carbonyl (C=O) groups excluding carboxylic acids is 1. The highest BCUT2D eigenvalue weighted by Gasteiger charge is 2.58. The molecule has 4 saturated carbocycles. The van der Waals surface area contributed by atoms with Crippen molar-refractivity contribution in [3.8, 4) is 0 Å². The Labute approximate surface area is 216 Å². The van der Waals surface area contributed by atoms with E-state index in [1.165, 1.54) is 96.3 Å². The van der Waals surface area contributed by atoms with E-state index < -0.39 is 0 Å². The van der Waals surface area contributed by atoms with E-state index in [4.69, 9.17) is 4.74 Å². The summed E-state index contributed by atoms with van der Waals surface area (Å²) in [5.41, 5.74) is 2.61. The van der Waals surface area contributed by atoms with Crippen molar-refractivity contribution in [3.63, 3.8) is 0 Å². The van der Waals surface area contributed by atoms with Crippen LogP contribution in [0, 0.1) is 40.4 Å². The average molecular weight is 483 g/mol. The maximum Gasteiger partial charge on any atom is 0.309 e. The van der Waals surface area contributed by atoms with Crippen LogP contribution in [-0.4, -0.2) is 12.1 Å². The molecule has 5 rings (SSSR count). The highest BCUT2D eigenvalue weighted by atomic mass is 16.5. The summed E-state index contributed by atoms with van der Waals surface area (Å²) in [4.78, 5) is 12.7. The van der Waals surface area contributed by atoms with Gasteiger partial charge in [-0.3, -0.25) is 4.79 Å². The summed E-state index contributed by atoms with van der Waals surface area (Å²) in [5, 5.41) is 0. The van der Waals surface area contributed by atoms with E-state index in [0.29, 0.717) is 10.8 Å². The van der Waals surface area contributed by atoms with E-state index in [0.717, 1.165) is 49.4 Å². The van der Waals surface area contributed by atoms with E-state index >= 15 is 0 Å². The molecule has 0 unspecified atom stereocenters. The second-order valence-electron chi connectivity index (χ2n) is 13.9. The van der Waals surface area contributed by atoms with Gasteiger partial charge in [0, 0.05) is 6.42 Å². The molecule has 0 aromatic heterocycles. The minimum Gasteiger partial charge on any atom is -0.462 e. The molecule has 4 fully saturated rings. The largest absolute Gasteiger partial charge is 0.462 e. The molecule has 0 aromatic rings. The van der Waals surface area contributed by atoms with Crippen molar-refractivity contribution in [1.29, 1.82) is 0 Å². The molecular weight excluding hydrogens is 428 g/mol. The molecule has 7 atom stereocenters. The molecule has 5 aliphatic carbocycles. The number of hydrogen-bond donors (Lipinski definition) is 0. The third-order valence-electron chi connectivity index (χ3n) is 12.1. The highest BCUT2D eigenvalue weighted by molar-refractivity contribution is 5.73. The van der Waals surface area contributed by atoms with E-state index in [1.807, 2.05) is 0 Å². The van der Waals surface area contributed by atoms with Gasteiger partial charge < -0.3 is 4.74 Å². The molecule has 0 aliphatic heterocycles. The van der Waals surface area contributed by atoms with E-state index in [1.54, 1.807) is 5.57 Å². The van der Waals surface area contributed by atoms with Crippen molar-refractivity contribution in [2.45, 2.75) is 149 Å². The lowest BCUT2D eigenvalue weighted by Crippen LogP contribution is -2.50. The smallest absolute Gasteiger partial charge is 0.309 e. The number of fused-ring (bicyclic) bond motifs is 5. The van der Waals surface area contributed by atoms with Crippen molar-refractivity contribution in [2.24, 2.45) is 40.4 Å². The number of rotatable bonds is 9. The topological polar surface area (TPSA) is 26.3 Å². The van der Waals surface area contributed by atoms with E-state index in [2.05, 4.69) is 26.8 Å². The van der Waals surface area contributed by atoms with Crippen molar-refractivity contribution in [1.82, 2.24) is 0 Å². The quantitative estimate of drug-likeness (QED) is 0.186. The van der Waals surface area contributed by atoms with Gasteiger partial charge in [-0.15, -0.1) is 0 Å². The lowest BCUT2D eigenvalue weighted by Gasteiger charge is -2.58. The van der Waals surface area contributed by atoms with Gasteiger partial charge in [-0.1, -0.05) is 83.8 Å². The van der Waals surface area contributed by atoms with Gasteiger partial charge in [-0.2, -0.15) is 0 Å². The standard InChI is InChI=1S/C33H54O2/c1-4-5-6-7-8-9-14-25-16-18-29-28-17-15-26-23-27(35-31(34)24-12-10-11-13-24)19-21-33(26,3)30(28)20-22-32(25,29)2/h15,24-25,27-30H,4-14,16-23H2,1-3H3/t25-,27-,28-,29-,30-,32+,33-/m0/s1. The van der Waals surface area contributed by atoms with Crippen molar-refractivity contribution >= 4 is 5.97 Å². The number of carbonyl (C=O) groups is 1. The van der Waals surface area contributed by atoms with Gasteiger partial charge >= 0.3 is 5.97 Å². The molecule has 0 N–H and O–H groups in total. The normalized spacial score (nSPS) is 41.1. The highest BCUT2D eigenvalue weighted by Crippen LogP contribution is 2.66. The molecule has 0 saturated heterocycles. The predicted octanol–water partition coefficient (Wildman–Crippen LogP) is 9.42. The summed E-state index contributed by atoms with van der Waals surface area (Å²) in [7, 11) is 0. The fourth-order valence-electron chi connectivity index (χ4n) is 9.90. The van der Waals surface area contributed by atoms with Gasteiger partial charge in [0.2, 0.25) is 0 Å². The molecule has 2 heteroatoms. The monoisotopic (exact) mass is 482 g/mol. The first-order valence-electron chi connectivity index (χ1n) is 15.9. The third kappa shape index (κ3) is 5.03. The van der Waals surface area contributed by atoms with Gasteiger partial charge in [-0.25, -0.2) is 0 Å². The van der Waals surface area contributed by atoms with Crippen LogP contribution in [-0.2, 0) is 9.53 Å². The average Bonchev–Trinajstić information content (AvgIpc) is 3.50. The maximum absolute atomic E-state index is 12.7. The zero-order valence-corrected chi connectivity index (χ0v) is 23.3. The summed E-state index contributed by atoms with van der Waals surface area (Å²) >= 11 is 0. The van der Waals surface area contributed by atoms with Crippen LogP contribution in [0.3, 0.4) is 0 Å². The third-order valence-corrected chi connectivity index (χ3v) is 12.1. The fourth-order valence-corrected chi connectivity index (χ4v) is 9.90. The molecule has 0 bridgehead atoms. The maximum atomic E-state index is 12.7. The second kappa shape index (κ2) is 10.9. The van der Waals surface area contributed by atoms with Gasteiger partial charge in [0.15, 0.2) is 0 Å². The minimum absolute atomic E-state index is 0.112. The first-order valence-corrected chi connectivity index (χ1v) is 15.9. The lowest BCUT2D eigenvalue weighted by atomic mass is 9.47. The molecular formula is C33H54O2. The van der Waals surface area contributed by atoms with Gasteiger partial charge in [0.25, 0.3) is 0 Å². The first kappa shape index (κ1) is 25.8. The Morgan fingerprint density at radius 2 is 1.69 bits per heavy atom. The number of hydrogen-bond acceptors (Lipinski definition) is 2. The van der Waals surface area contributed by atoms with Crippen LogP contribution in [0.1, 0.15) is 143 Å². The van der Waals surface area contributed by atoms with E-state index in [9.17, 15) is 4.79 Å². The Morgan fingerprint density at radius 1 is 0.914 bits per heavy atom.